The van der Waals surface area contributed by atoms with E-state index in [1.54, 1.807) is 12.1 Å². The van der Waals surface area contributed by atoms with Crippen LogP contribution in [0, 0.1) is 3.57 Å². The molecule has 1 aromatic carbocycles. The summed E-state index contributed by atoms with van der Waals surface area (Å²) in [7, 11) is -1.89. The van der Waals surface area contributed by atoms with Crippen molar-refractivity contribution in [2.24, 2.45) is 0 Å². The summed E-state index contributed by atoms with van der Waals surface area (Å²) in [6, 6.07) is 3.44. The van der Waals surface area contributed by atoms with Crippen molar-refractivity contribution in [1.82, 2.24) is 5.32 Å². The van der Waals surface area contributed by atoms with E-state index >= 15 is 0 Å². The van der Waals surface area contributed by atoms with Crippen LogP contribution >= 0.6 is 34.2 Å². The van der Waals surface area contributed by atoms with E-state index in [2.05, 4.69) is 27.9 Å². The Hall–Kier alpha value is -0.540. The monoisotopic (exact) mass is 431 g/mol. The fraction of sp³-hybridized carbons (Fsp3) is 0.417. The van der Waals surface area contributed by atoms with E-state index in [4.69, 9.17) is 16.3 Å². The minimum atomic E-state index is -3.41. The van der Waals surface area contributed by atoms with Gasteiger partial charge in [-0.25, -0.2) is 8.42 Å². The Morgan fingerprint density at radius 1 is 1.50 bits per heavy atom. The van der Waals surface area contributed by atoms with Gasteiger partial charge in [-0.3, -0.25) is 4.79 Å². The van der Waals surface area contributed by atoms with Crippen LogP contribution in [-0.4, -0.2) is 32.9 Å². The second-order valence-electron chi connectivity index (χ2n) is 4.27. The molecule has 0 saturated carbocycles. The van der Waals surface area contributed by atoms with E-state index in [0.717, 1.165) is 9.83 Å². The minimum Gasteiger partial charge on any atom is -0.496 e. The highest BCUT2D eigenvalue weighted by Crippen LogP contribution is 2.28. The van der Waals surface area contributed by atoms with E-state index in [-0.39, 0.29) is 6.54 Å². The number of hydrogen-bond donors (Lipinski definition) is 1. The van der Waals surface area contributed by atoms with Crippen molar-refractivity contribution >= 4 is 49.9 Å². The molecule has 5 nitrogen and oxygen atoms in total. The summed E-state index contributed by atoms with van der Waals surface area (Å²) < 4.78 is 28.6. The Morgan fingerprint density at radius 2 is 2.10 bits per heavy atom. The van der Waals surface area contributed by atoms with Gasteiger partial charge in [-0.2, -0.15) is 0 Å². The van der Waals surface area contributed by atoms with Gasteiger partial charge in [-0.1, -0.05) is 11.6 Å². The average Bonchev–Trinajstić information content (AvgIpc) is 2.37. The number of carbonyl (C=O) groups is 1. The van der Waals surface area contributed by atoms with Gasteiger partial charge < -0.3 is 10.1 Å². The SMILES string of the molecule is COc1cc(I)c(Cl)cc1CNC(=O)[C@@H](C)S(C)(=O)=O. The van der Waals surface area contributed by atoms with Crippen molar-refractivity contribution in [3.8, 4) is 5.75 Å². The Morgan fingerprint density at radius 3 is 2.60 bits per heavy atom. The predicted molar refractivity (Wildman–Crippen MR) is 86.9 cm³/mol. The Kier molecular flexibility index (Phi) is 6.08. The van der Waals surface area contributed by atoms with E-state index in [1.165, 1.54) is 14.0 Å². The van der Waals surface area contributed by atoms with Crippen LogP contribution in [0.15, 0.2) is 12.1 Å². The molecule has 0 fully saturated rings. The van der Waals surface area contributed by atoms with E-state index in [1.807, 2.05) is 0 Å². The van der Waals surface area contributed by atoms with Crippen molar-refractivity contribution < 1.29 is 17.9 Å². The lowest BCUT2D eigenvalue weighted by molar-refractivity contribution is -0.120. The van der Waals surface area contributed by atoms with E-state index < -0.39 is 21.0 Å². The highest BCUT2D eigenvalue weighted by Gasteiger charge is 2.23. The summed E-state index contributed by atoms with van der Waals surface area (Å²) in [6.45, 7) is 1.50. The maximum Gasteiger partial charge on any atom is 0.238 e. The van der Waals surface area contributed by atoms with Gasteiger partial charge in [0, 0.05) is 21.9 Å². The predicted octanol–water partition coefficient (Wildman–Crippen LogP) is 2.00. The van der Waals surface area contributed by atoms with Crippen molar-refractivity contribution in [2.75, 3.05) is 13.4 Å². The first-order chi connectivity index (χ1) is 9.16. The molecule has 0 heterocycles. The topological polar surface area (TPSA) is 72.5 Å². The molecular weight excluding hydrogens is 417 g/mol. The summed E-state index contributed by atoms with van der Waals surface area (Å²) in [6.07, 6.45) is 1.03. The lowest BCUT2D eigenvalue weighted by Gasteiger charge is -2.13. The Labute approximate surface area is 137 Å². The first-order valence-electron chi connectivity index (χ1n) is 5.65. The zero-order valence-corrected chi connectivity index (χ0v) is 15.0. The summed E-state index contributed by atoms with van der Waals surface area (Å²) in [4.78, 5) is 11.7. The molecule has 1 atom stereocenters. The minimum absolute atomic E-state index is 0.151. The number of nitrogens with one attached hydrogen (secondary N) is 1. The first kappa shape index (κ1) is 17.5. The van der Waals surface area contributed by atoms with Crippen LogP contribution in [0.3, 0.4) is 0 Å². The standard InChI is InChI=1S/C12H15ClINO4S/c1-7(20(3,17)18)12(16)15-6-8-4-9(13)10(14)5-11(8)19-2/h4-5,7H,6H2,1-3H3,(H,15,16)/t7-/m1/s1. The third-order valence-electron chi connectivity index (χ3n) is 2.79. The van der Waals surface area contributed by atoms with Gasteiger partial charge in [0.15, 0.2) is 9.84 Å². The number of methoxy groups -OCH3 is 1. The molecule has 20 heavy (non-hydrogen) atoms. The van der Waals surface area contributed by atoms with Crippen LogP contribution in [0.5, 0.6) is 5.75 Å². The molecule has 0 bridgehead atoms. The molecule has 0 aliphatic carbocycles. The summed E-state index contributed by atoms with van der Waals surface area (Å²) in [5.74, 6) is 0.0373. The number of carbonyl (C=O) groups excluding carboxylic acids is 1. The maximum absolute atomic E-state index is 11.7. The van der Waals surface area contributed by atoms with Crippen molar-refractivity contribution in [2.45, 2.75) is 18.7 Å². The zero-order chi connectivity index (χ0) is 15.5. The van der Waals surface area contributed by atoms with Crippen molar-refractivity contribution in [3.05, 3.63) is 26.3 Å². The summed E-state index contributed by atoms with van der Waals surface area (Å²) in [5.41, 5.74) is 0.687. The number of ether oxygens (including phenoxy) is 1. The summed E-state index contributed by atoms with van der Waals surface area (Å²) >= 11 is 8.10. The second-order valence-corrected chi connectivity index (χ2v) is 8.20. The Balaban J connectivity index is 2.85. The number of sulfone groups is 1. The van der Waals surface area contributed by atoms with Gasteiger partial charge in [0.25, 0.3) is 0 Å². The van der Waals surface area contributed by atoms with Crippen LogP contribution in [0.1, 0.15) is 12.5 Å². The number of rotatable bonds is 5. The fourth-order valence-electron chi connectivity index (χ4n) is 1.42. The molecule has 0 saturated heterocycles. The molecular formula is C12H15ClINO4S. The smallest absolute Gasteiger partial charge is 0.238 e. The van der Waals surface area contributed by atoms with Gasteiger partial charge in [0.2, 0.25) is 5.91 Å². The van der Waals surface area contributed by atoms with Gasteiger partial charge >= 0.3 is 0 Å². The fourth-order valence-corrected chi connectivity index (χ4v) is 2.52. The first-order valence-corrected chi connectivity index (χ1v) is 9.06. The molecule has 0 unspecified atom stereocenters. The molecule has 0 spiro atoms. The molecule has 1 rings (SSSR count). The molecule has 0 aromatic heterocycles. The molecule has 1 amide bonds. The quantitative estimate of drug-likeness (QED) is 0.724. The number of hydrogen-bond acceptors (Lipinski definition) is 4. The lowest BCUT2D eigenvalue weighted by Crippen LogP contribution is -2.37. The van der Waals surface area contributed by atoms with Gasteiger partial charge in [-0.05, 0) is 41.6 Å². The van der Waals surface area contributed by atoms with Crippen LogP contribution < -0.4 is 10.1 Å². The third kappa shape index (κ3) is 4.49. The van der Waals surface area contributed by atoms with E-state index in [0.29, 0.717) is 16.3 Å². The molecule has 112 valence electrons. The third-order valence-corrected chi connectivity index (χ3v) is 5.81. The van der Waals surface area contributed by atoms with Gasteiger partial charge in [0.1, 0.15) is 11.0 Å². The zero-order valence-electron chi connectivity index (χ0n) is 11.2. The highest BCUT2D eigenvalue weighted by molar-refractivity contribution is 14.1. The normalized spacial score (nSPS) is 12.8. The van der Waals surface area contributed by atoms with Crippen molar-refractivity contribution in [3.63, 3.8) is 0 Å². The number of benzene rings is 1. The molecule has 0 radical (unpaired) electrons. The molecule has 8 heteroatoms. The van der Waals surface area contributed by atoms with Crippen LogP contribution in [0.2, 0.25) is 5.02 Å². The van der Waals surface area contributed by atoms with Crippen LogP contribution in [-0.2, 0) is 21.2 Å². The maximum atomic E-state index is 11.7. The van der Waals surface area contributed by atoms with Gasteiger partial charge in [0.05, 0.1) is 12.1 Å². The Bertz CT molecular complexity index is 618. The second kappa shape index (κ2) is 6.95. The largest absolute Gasteiger partial charge is 0.496 e. The molecule has 0 aliphatic rings. The number of halogens is 2. The van der Waals surface area contributed by atoms with Gasteiger partial charge in [-0.15, -0.1) is 0 Å². The van der Waals surface area contributed by atoms with Crippen molar-refractivity contribution in [1.29, 1.82) is 0 Å². The molecule has 0 aliphatic heterocycles. The van der Waals surface area contributed by atoms with Crippen LogP contribution in [0.4, 0.5) is 0 Å². The van der Waals surface area contributed by atoms with E-state index in [9.17, 15) is 13.2 Å². The molecule has 1 N–H and O–H groups in total. The number of amides is 1. The highest BCUT2D eigenvalue weighted by atomic mass is 127. The molecule has 1 aromatic rings. The average molecular weight is 432 g/mol. The summed E-state index contributed by atoms with van der Waals surface area (Å²) in [5, 5.41) is 2.03. The van der Waals surface area contributed by atoms with Crippen LogP contribution in [0.25, 0.3) is 0 Å². The lowest BCUT2D eigenvalue weighted by atomic mass is 10.2.